The Labute approximate surface area is 85.1 Å². The van der Waals surface area contributed by atoms with Crippen molar-refractivity contribution in [2.75, 3.05) is 0 Å². The lowest BCUT2D eigenvalue weighted by molar-refractivity contribution is -0.00506. The number of hydrogen-bond acceptors (Lipinski definition) is 1. The van der Waals surface area contributed by atoms with Crippen LogP contribution in [0.5, 0.6) is 0 Å². The average Bonchev–Trinajstić information content (AvgIpc) is 2.11. The molecule has 0 spiro atoms. The molecule has 0 saturated heterocycles. The van der Waals surface area contributed by atoms with Gasteiger partial charge in [0, 0.05) is 6.42 Å². The predicted octanol–water partition coefficient (Wildman–Crippen LogP) is 4.29. The minimum absolute atomic E-state index is 0.132. The highest BCUT2D eigenvalue weighted by Gasteiger charge is 2.27. The highest BCUT2D eigenvalue weighted by Crippen LogP contribution is 2.25. The Bertz CT molecular complexity index is 173. The molecule has 14 heavy (non-hydrogen) atoms. The van der Waals surface area contributed by atoms with E-state index in [4.69, 9.17) is 5.26 Å². The van der Waals surface area contributed by atoms with Crippen LogP contribution in [0.3, 0.4) is 0 Å². The van der Waals surface area contributed by atoms with E-state index in [0.717, 1.165) is 19.3 Å². The molecule has 0 unspecified atom stereocenters. The minimum Gasteiger partial charge on any atom is -0.206 e. The Kier molecular flexibility index (Phi) is 7.37. The molecule has 0 rings (SSSR count). The van der Waals surface area contributed by atoms with E-state index in [0.29, 0.717) is 6.42 Å². The molecule has 0 fully saturated rings. The Hall–Kier alpha value is -0.650. The van der Waals surface area contributed by atoms with Crippen molar-refractivity contribution in [3.63, 3.8) is 0 Å². The second-order valence-electron chi connectivity index (χ2n) is 3.71. The topological polar surface area (TPSA) is 23.8 Å². The van der Waals surface area contributed by atoms with Crippen molar-refractivity contribution in [2.24, 2.45) is 0 Å². The average molecular weight is 203 g/mol. The van der Waals surface area contributed by atoms with Crippen LogP contribution in [0, 0.1) is 11.3 Å². The molecule has 0 aromatic heterocycles. The molecule has 0 aliphatic rings. The molecule has 0 amide bonds. The third-order valence-corrected chi connectivity index (χ3v) is 2.23. The predicted molar refractivity (Wildman–Crippen MR) is 53.2 cm³/mol. The van der Waals surface area contributed by atoms with Gasteiger partial charge in [0.2, 0.25) is 0 Å². The molecule has 3 heteroatoms. The summed E-state index contributed by atoms with van der Waals surface area (Å²) in [5.74, 6) is -2.76. The van der Waals surface area contributed by atoms with Crippen molar-refractivity contribution in [1.29, 1.82) is 5.26 Å². The van der Waals surface area contributed by atoms with Gasteiger partial charge in [-0.05, 0) is 6.42 Å². The highest BCUT2D eigenvalue weighted by atomic mass is 19.3. The van der Waals surface area contributed by atoms with Gasteiger partial charge in [0.15, 0.2) is 0 Å². The Morgan fingerprint density at radius 1 is 1.07 bits per heavy atom. The second kappa shape index (κ2) is 7.73. The van der Waals surface area contributed by atoms with E-state index < -0.39 is 12.3 Å². The van der Waals surface area contributed by atoms with Gasteiger partial charge in [-0.3, -0.25) is 0 Å². The minimum atomic E-state index is -2.76. The van der Waals surface area contributed by atoms with Crippen molar-refractivity contribution in [1.82, 2.24) is 0 Å². The molecule has 0 heterocycles. The smallest absolute Gasteiger partial charge is 0.206 e. The quantitative estimate of drug-likeness (QED) is 0.540. The molecule has 0 radical (unpaired) electrons. The number of halogens is 2. The van der Waals surface area contributed by atoms with Crippen LogP contribution in [0.25, 0.3) is 0 Å². The van der Waals surface area contributed by atoms with E-state index >= 15 is 0 Å². The summed E-state index contributed by atoms with van der Waals surface area (Å²) in [4.78, 5) is 0. The van der Waals surface area contributed by atoms with Gasteiger partial charge >= 0.3 is 0 Å². The Morgan fingerprint density at radius 3 is 2.21 bits per heavy atom. The summed E-state index contributed by atoms with van der Waals surface area (Å²) in [6.07, 6.45) is 5.17. The fourth-order valence-electron chi connectivity index (χ4n) is 1.37. The summed E-state index contributed by atoms with van der Waals surface area (Å²) in [6.45, 7) is 2.13. The van der Waals surface area contributed by atoms with Gasteiger partial charge < -0.3 is 0 Å². The fraction of sp³-hybridized carbons (Fsp3) is 0.909. The first-order valence-electron chi connectivity index (χ1n) is 5.37. The third-order valence-electron chi connectivity index (χ3n) is 2.23. The summed E-state index contributed by atoms with van der Waals surface area (Å²) in [5.41, 5.74) is 0. The molecule has 0 saturated carbocycles. The molecule has 0 aliphatic carbocycles. The normalized spacial score (nSPS) is 11.3. The molecule has 1 nitrogen and oxygen atoms in total. The molecular weight excluding hydrogens is 184 g/mol. The molecule has 0 bridgehead atoms. The van der Waals surface area contributed by atoms with Gasteiger partial charge in [0.05, 0.1) is 12.5 Å². The number of hydrogen-bond donors (Lipinski definition) is 0. The Balaban J connectivity index is 3.31. The molecule has 0 atom stereocenters. The zero-order chi connectivity index (χ0) is 10.9. The first kappa shape index (κ1) is 13.4. The molecule has 0 N–H and O–H groups in total. The molecule has 82 valence electrons. The van der Waals surface area contributed by atoms with Crippen LogP contribution < -0.4 is 0 Å². The zero-order valence-corrected chi connectivity index (χ0v) is 8.86. The van der Waals surface area contributed by atoms with E-state index in [-0.39, 0.29) is 6.42 Å². The van der Waals surface area contributed by atoms with Crippen molar-refractivity contribution >= 4 is 0 Å². The van der Waals surface area contributed by atoms with E-state index in [1.54, 1.807) is 0 Å². The maximum atomic E-state index is 12.8. The molecular formula is C11H19F2N. The van der Waals surface area contributed by atoms with Crippen molar-refractivity contribution < 1.29 is 8.78 Å². The standard InChI is InChI=1S/C11H19F2N/c1-2-3-4-5-6-7-8-11(12,13)9-10-14/h2-9H2,1H3. The van der Waals surface area contributed by atoms with Gasteiger partial charge in [0.25, 0.3) is 5.92 Å². The van der Waals surface area contributed by atoms with Gasteiger partial charge in [-0.15, -0.1) is 0 Å². The molecule has 0 aromatic rings. The van der Waals surface area contributed by atoms with Crippen LogP contribution in [0.1, 0.15) is 58.3 Å². The number of unbranched alkanes of at least 4 members (excludes halogenated alkanes) is 5. The number of nitrogens with zero attached hydrogens (tertiary/aromatic N) is 1. The third kappa shape index (κ3) is 7.97. The lowest BCUT2D eigenvalue weighted by Gasteiger charge is -2.11. The van der Waals surface area contributed by atoms with E-state index in [1.807, 2.05) is 0 Å². The van der Waals surface area contributed by atoms with E-state index in [9.17, 15) is 8.78 Å². The van der Waals surface area contributed by atoms with Gasteiger partial charge in [-0.1, -0.05) is 39.0 Å². The number of alkyl halides is 2. The maximum absolute atomic E-state index is 12.8. The molecule has 0 aromatic carbocycles. The van der Waals surface area contributed by atoms with Crippen LogP contribution >= 0.6 is 0 Å². The van der Waals surface area contributed by atoms with Crippen LogP contribution in [-0.4, -0.2) is 5.92 Å². The second-order valence-corrected chi connectivity index (χ2v) is 3.71. The number of rotatable bonds is 8. The first-order chi connectivity index (χ1) is 6.62. The SMILES string of the molecule is CCCCCCCCC(F)(F)CC#N. The summed E-state index contributed by atoms with van der Waals surface area (Å²) >= 11 is 0. The lowest BCUT2D eigenvalue weighted by Crippen LogP contribution is -2.14. The number of nitriles is 1. The summed E-state index contributed by atoms with van der Waals surface area (Å²) in [6, 6.07) is 1.52. The van der Waals surface area contributed by atoms with Crippen molar-refractivity contribution in [2.45, 2.75) is 64.2 Å². The molecule has 0 aliphatic heterocycles. The summed E-state index contributed by atoms with van der Waals surface area (Å²) in [5, 5.41) is 8.14. The highest BCUT2D eigenvalue weighted by molar-refractivity contribution is 4.81. The van der Waals surface area contributed by atoms with E-state index in [1.165, 1.54) is 18.9 Å². The maximum Gasteiger partial charge on any atom is 0.260 e. The van der Waals surface area contributed by atoms with Crippen LogP contribution in [0.15, 0.2) is 0 Å². The van der Waals surface area contributed by atoms with Crippen LogP contribution in [-0.2, 0) is 0 Å². The van der Waals surface area contributed by atoms with Crippen molar-refractivity contribution in [3.05, 3.63) is 0 Å². The van der Waals surface area contributed by atoms with Gasteiger partial charge in [0.1, 0.15) is 0 Å². The van der Waals surface area contributed by atoms with Crippen molar-refractivity contribution in [3.8, 4) is 6.07 Å². The van der Waals surface area contributed by atoms with Crippen LogP contribution in [0.2, 0.25) is 0 Å². The van der Waals surface area contributed by atoms with Gasteiger partial charge in [-0.25, -0.2) is 8.78 Å². The monoisotopic (exact) mass is 203 g/mol. The van der Waals surface area contributed by atoms with E-state index in [2.05, 4.69) is 6.92 Å². The fourth-order valence-corrected chi connectivity index (χ4v) is 1.37. The van der Waals surface area contributed by atoms with Gasteiger partial charge in [-0.2, -0.15) is 5.26 Å². The summed E-state index contributed by atoms with van der Waals surface area (Å²) < 4.78 is 25.6. The largest absolute Gasteiger partial charge is 0.260 e. The lowest BCUT2D eigenvalue weighted by atomic mass is 10.1. The Morgan fingerprint density at radius 2 is 1.64 bits per heavy atom. The summed E-state index contributed by atoms with van der Waals surface area (Å²) in [7, 11) is 0. The first-order valence-corrected chi connectivity index (χ1v) is 5.37. The van der Waals surface area contributed by atoms with Crippen LogP contribution in [0.4, 0.5) is 8.78 Å². The zero-order valence-electron chi connectivity index (χ0n) is 8.86.